The van der Waals surface area contributed by atoms with Crippen molar-refractivity contribution in [1.29, 1.82) is 0 Å². The molecule has 0 saturated carbocycles. The van der Waals surface area contributed by atoms with Gasteiger partial charge >= 0.3 is 0 Å². The molecule has 0 nitrogen and oxygen atoms in total. The van der Waals surface area contributed by atoms with E-state index >= 15 is 0 Å². The predicted molar refractivity (Wildman–Crippen MR) is 76.1 cm³/mol. The summed E-state index contributed by atoms with van der Waals surface area (Å²) in [6.45, 7) is 11.7. The van der Waals surface area contributed by atoms with Crippen molar-refractivity contribution < 1.29 is 0 Å². The van der Waals surface area contributed by atoms with Crippen molar-refractivity contribution in [2.45, 2.75) is 19.2 Å². The Labute approximate surface area is 97.0 Å². The van der Waals surface area contributed by atoms with Gasteiger partial charge in [0, 0.05) is 0 Å². The average Bonchev–Trinajstić information content (AvgIpc) is 2.10. The first-order valence-electron chi connectivity index (χ1n) is 5.37. The van der Waals surface area contributed by atoms with Gasteiger partial charge < -0.3 is 0 Å². The number of hydrogen-bond donors (Lipinski definition) is 0. The maximum atomic E-state index is 2.36. The minimum atomic E-state index is 0.180. The summed E-state index contributed by atoms with van der Waals surface area (Å²) in [7, 11) is 0.359. The lowest BCUT2D eigenvalue weighted by molar-refractivity contribution is 1.22. The highest BCUT2D eigenvalue weighted by Gasteiger charge is 2.06. The third kappa shape index (κ3) is 4.21. The van der Waals surface area contributed by atoms with Crippen LogP contribution in [0.3, 0.4) is 0 Å². The summed E-state index contributed by atoms with van der Waals surface area (Å²) in [5, 5.41) is 0. The molecule has 0 fully saturated rings. The zero-order valence-electron chi connectivity index (χ0n) is 10.5. The van der Waals surface area contributed by atoms with E-state index in [1.807, 2.05) is 0 Å². The van der Waals surface area contributed by atoms with Crippen LogP contribution in [0, 0.1) is 6.92 Å². The van der Waals surface area contributed by atoms with E-state index in [0.29, 0.717) is 0 Å². The third-order valence-corrected chi connectivity index (χ3v) is 4.48. The molecule has 0 radical (unpaired) electrons. The second-order valence-corrected chi connectivity index (χ2v) is 9.63. The number of rotatable bonds is 4. The van der Waals surface area contributed by atoms with Crippen LogP contribution in [-0.2, 0) is 12.3 Å². The van der Waals surface area contributed by atoms with Gasteiger partial charge in [0.1, 0.15) is 0 Å². The zero-order chi connectivity index (χ0) is 11.4. The smallest absolute Gasteiger partial charge is 0.00753 e. The standard InChI is InChI=1S/C13H22P2/c1-11-12(9-14(2)3)7-6-8-13(11)10-15(4)5/h6-8H,9-10H2,1-5H3. The highest BCUT2D eigenvalue weighted by atomic mass is 31.1. The van der Waals surface area contributed by atoms with E-state index in [0.717, 1.165) is 0 Å². The molecule has 0 aliphatic rings. The summed E-state index contributed by atoms with van der Waals surface area (Å²) < 4.78 is 0. The van der Waals surface area contributed by atoms with Gasteiger partial charge in [-0.05, 0) is 62.6 Å². The molecule has 0 bridgehead atoms. The molecule has 0 heterocycles. The molecule has 1 rings (SSSR count). The summed E-state index contributed by atoms with van der Waals surface area (Å²) in [6.07, 6.45) is 2.56. The largest absolute Gasteiger partial charge is 0.109 e. The highest BCUT2D eigenvalue weighted by Crippen LogP contribution is 2.36. The van der Waals surface area contributed by atoms with Crippen LogP contribution in [0.1, 0.15) is 16.7 Å². The molecule has 0 saturated heterocycles. The van der Waals surface area contributed by atoms with E-state index in [-0.39, 0.29) is 15.8 Å². The van der Waals surface area contributed by atoms with Crippen LogP contribution in [0.25, 0.3) is 0 Å². The molecule has 1 aromatic rings. The van der Waals surface area contributed by atoms with Crippen LogP contribution in [0.15, 0.2) is 18.2 Å². The maximum absolute atomic E-state index is 2.36. The zero-order valence-corrected chi connectivity index (χ0v) is 12.3. The predicted octanol–water partition coefficient (Wildman–Crippen LogP) is 4.48. The lowest BCUT2D eigenvalue weighted by Gasteiger charge is -2.14. The lowest BCUT2D eigenvalue weighted by Crippen LogP contribution is -1.94. The van der Waals surface area contributed by atoms with Gasteiger partial charge in [0.15, 0.2) is 0 Å². The fourth-order valence-electron chi connectivity index (χ4n) is 1.76. The Bertz CT molecular complexity index is 288. The molecule has 0 aliphatic carbocycles. The van der Waals surface area contributed by atoms with E-state index < -0.39 is 0 Å². The molecular weight excluding hydrogens is 218 g/mol. The van der Waals surface area contributed by atoms with E-state index in [2.05, 4.69) is 51.8 Å². The molecule has 0 spiro atoms. The number of hydrogen-bond acceptors (Lipinski definition) is 0. The average molecular weight is 240 g/mol. The summed E-state index contributed by atoms with van der Waals surface area (Å²) in [5.74, 6) is 0. The van der Waals surface area contributed by atoms with Gasteiger partial charge in [0.05, 0.1) is 0 Å². The first-order valence-corrected chi connectivity index (χ1v) is 10.2. The van der Waals surface area contributed by atoms with Gasteiger partial charge in [-0.3, -0.25) is 0 Å². The van der Waals surface area contributed by atoms with E-state index in [4.69, 9.17) is 0 Å². The summed E-state index contributed by atoms with van der Waals surface area (Å²) in [4.78, 5) is 0. The van der Waals surface area contributed by atoms with Crippen molar-refractivity contribution in [3.05, 3.63) is 34.9 Å². The van der Waals surface area contributed by atoms with Gasteiger partial charge in [-0.2, -0.15) is 0 Å². The minimum Gasteiger partial charge on any atom is -0.109 e. The van der Waals surface area contributed by atoms with Crippen LogP contribution in [0.2, 0.25) is 0 Å². The second-order valence-electron chi connectivity index (χ2n) is 4.68. The summed E-state index contributed by atoms with van der Waals surface area (Å²) in [5.41, 5.74) is 4.69. The maximum Gasteiger partial charge on any atom is -0.00753 e. The fraction of sp³-hybridized carbons (Fsp3) is 0.538. The Hall–Kier alpha value is 0.0800. The van der Waals surface area contributed by atoms with Crippen molar-refractivity contribution in [3.8, 4) is 0 Å². The molecule has 0 aromatic heterocycles. The van der Waals surface area contributed by atoms with Crippen LogP contribution in [-0.4, -0.2) is 26.7 Å². The molecule has 2 heteroatoms. The molecule has 15 heavy (non-hydrogen) atoms. The quantitative estimate of drug-likeness (QED) is 0.681. The van der Waals surface area contributed by atoms with Gasteiger partial charge in [-0.25, -0.2) is 0 Å². The normalized spacial score (nSPS) is 11.4. The topological polar surface area (TPSA) is 0 Å². The molecule has 0 N–H and O–H groups in total. The van der Waals surface area contributed by atoms with Crippen LogP contribution < -0.4 is 0 Å². The van der Waals surface area contributed by atoms with Crippen molar-refractivity contribution in [1.82, 2.24) is 0 Å². The number of benzene rings is 1. The van der Waals surface area contributed by atoms with Gasteiger partial charge in [0.2, 0.25) is 0 Å². The Morgan fingerprint density at radius 2 is 1.27 bits per heavy atom. The second kappa shape index (κ2) is 5.97. The monoisotopic (exact) mass is 240 g/mol. The first kappa shape index (κ1) is 13.1. The Kier molecular flexibility index (Phi) is 5.24. The van der Waals surface area contributed by atoms with Crippen molar-refractivity contribution >= 4 is 15.8 Å². The Balaban J connectivity index is 2.90. The van der Waals surface area contributed by atoms with E-state index in [1.165, 1.54) is 12.3 Å². The van der Waals surface area contributed by atoms with Crippen LogP contribution in [0.5, 0.6) is 0 Å². The summed E-state index contributed by atoms with van der Waals surface area (Å²) in [6, 6.07) is 6.83. The van der Waals surface area contributed by atoms with Crippen molar-refractivity contribution in [2.75, 3.05) is 26.7 Å². The van der Waals surface area contributed by atoms with Crippen molar-refractivity contribution in [2.24, 2.45) is 0 Å². The van der Waals surface area contributed by atoms with Crippen LogP contribution in [0.4, 0.5) is 0 Å². The molecule has 0 atom stereocenters. The van der Waals surface area contributed by atoms with Crippen LogP contribution >= 0.6 is 15.8 Å². The third-order valence-electron chi connectivity index (χ3n) is 2.53. The summed E-state index contributed by atoms with van der Waals surface area (Å²) >= 11 is 0. The van der Waals surface area contributed by atoms with Crippen molar-refractivity contribution in [3.63, 3.8) is 0 Å². The Morgan fingerprint density at radius 1 is 0.867 bits per heavy atom. The molecule has 0 amide bonds. The molecule has 0 aliphatic heterocycles. The fourth-order valence-corrected chi connectivity index (χ4v) is 3.81. The highest BCUT2D eigenvalue weighted by molar-refractivity contribution is 7.55. The van der Waals surface area contributed by atoms with Gasteiger partial charge in [-0.15, -0.1) is 15.8 Å². The van der Waals surface area contributed by atoms with E-state index in [9.17, 15) is 0 Å². The van der Waals surface area contributed by atoms with Gasteiger partial charge in [0.25, 0.3) is 0 Å². The van der Waals surface area contributed by atoms with Gasteiger partial charge in [-0.1, -0.05) is 18.2 Å². The molecule has 0 unspecified atom stereocenters. The minimum absolute atomic E-state index is 0.180. The first-order chi connectivity index (χ1) is 7.00. The Morgan fingerprint density at radius 3 is 1.60 bits per heavy atom. The van der Waals surface area contributed by atoms with E-state index in [1.54, 1.807) is 16.7 Å². The molecular formula is C13H22P2. The SMILES string of the molecule is Cc1c(CP(C)C)cccc1CP(C)C. The molecule has 84 valence electrons. The lowest BCUT2D eigenvalue weighted by atomic mass is 10.1. The molecule has 1 aromatic carbocycles.